The fourth-order valence-electron chi connectivity index (χ4n) is 1.70. The SMILES string of the molecule is NC(=O)N1CCNCC1c1ccco1. The van der Waals surface area contributed by atoms with Gasteiger partial charge in [-0.3, -0.25) is 0 Å². The molecular formula is C9H13N3O2. The van der Waals surface area contributed by atoms with Crippen LogP contribution in [0, 0.1) is 0 Å². The zero-order valence-corrected chi connectivity index (χ0v) is 7.77. The predicted octanol–water partition coefficient (Wildman–Crippen LogP) is 0.305. The van der Waals surface area contributed by atoms with E-state index in [1.807, 2.05) is 12.1 Å². The molecule has 3 N–H and O–H groups in total. The van der Waals surface area contributed by atoms with Gasteiger partial charge in [0.1, 0.15) is 11.8 Å². The normalized spacial score (nSPS) is 22.3. The number of nitrogens with one attached hydrogen (secondary N) is 1. The summed E-state index contributed by atoms with van der Waals surface area (Å²) < 4.78 is 5.26. The first-order chi connectivity index (χ1) is 6.79. The number of rotatable bonds is 1. The zero-order valence-electron chi connectivity index (χ0n) is 7.77. The Balaban J connectivity index is 2.18. The summed E-state index contributed by atoms with van der Waals surface area (Å²) in [7, 11) is 0. The molecule has 14 heavy (non-hydrogen) atoms. The van der Waals surface area contributed by atoms with Crippen LogP contribution >= 0.6 is 0 Å². The number of urea groups is 1. The summed E-state index contributed by atoms with van der Waals surface area (Å²) in [6.45, 7) is 2.09. The van der Waals surface area contributed by atoms with E-state index in [1.54, 1.807) is 11.2 Å². The largest absolute Gasteiger partial charge is 0.467 e. The van der Waals surface area contributed by atoms with Crippen LogP contribution in [0.25, 0.3) is 0 Å². The molecule has 1 aromatic rings. The first-order valence-corrected chi connectivity index (χ1v) is 4.59. The molecular weight excluding hydrogens is 182 g/mol. The molecule has 1 aromatic heterocycles. The van der Waals surface area contributed by atoms with Gasteiger partial charge >= 0.3 is 6.03 Å². The molecule has 0 spiro atoms. The van der Waals surface area contributed by atoms with Crippen LogP contribution in [0.1, 0.15) is 11.8 Å². The van der Waals surface area contributed by atoms with Crippen LogP contribution in [0.3, 0.4) is 0 Å². The number of primary amides is 1. The zero-order chi connectivity index (χ0) is 9.97. The number of carbonyl (C=O) groups excluding carboxylic acids is 1. The lowest BCUT2D eigenvalue weighted by atomic mass is 10.1. The number of furan rings is 1. The van der Waals surface area contributed by atoms with Gasteiger partial charge in [0.2, 0.25) is 0 Å². The Morgan fingerprint density at radius 1 is 1.71 bits per heavy atom. The summed E-state index contributed by atoms with van der Waals surface area (Å²) in [5, 5.41) is 3.20. The molecule has 2 amide bonds. The fraction of sp³-hybridized carbons (Fsp3) is 0.444. The molecule has 76 valence electrons. The second-order valence-corrected chi connectivity index (χ2v) is 3.27. The van der Waals surface area contributed by atoms with Crippen molar-refractivity contribution in [2.24, 2.45) is 5.73 Å². The van der Waals surface area contributed by atoms with Crippen LogP contribution in [0.15, 0.2) is 22.8 Å². The van der Waals surface area contributed by atoms with E-state index in [1.165, 1.54) is 0 Å². The summed E-state index contributed by atoms with van der Waals surface area (Å²) in [5.41, 5.74) is 5.28. The van der Waals surface area contributed by atoms with Crippen molar-refractivity contribution in [3.63, 3.8) is 0 Å². The number of piperazine rings is 1. The Morgan fingerprint density at radius 3 is 3.21 bits per heavy atom. The van der Waals surface area contributed by atoms with E-state index >= 15 is 0 Å². The third-order valence-electron chi connectivity index (χ3n) is 2.40. The van der Waals surface area contributed by atoms with Crippen LogP contribution in [0.4, 0.5) is 4.79 Å². The summed E-state index contributed by atoms with van der Waals surface area (Å²) >= 11 is 0. The topological polar surface area (TPSA) is 71.5 Å². The first-order valence-electron chi connectivity index (χ1n) is 4.59. The minimum Gasteiger partial charge on any atom is -0.467 e. The lowest BCUT2D eigenvalue weighted by molar-refractivity contribution is 0.155. The number of nitrogens with zero attached hydrogens (tertiary/aromatic N) is 1. The van der Waals surface area contributed by atoms with Crippen molar-refractivity contribution in [3.05, 3.63) is 24.2 Å². The Morgan fingerprint density at radius 2 is 2.57 bits per heavy atom. The fourth-order valence-corrected chi connectivity index (χ4v) is 1.70. The van der Waals surface area contributed by atoms with Crippen LogP contribution in [-0.2, 0) is 0 Å². The molecule has 1 aliphatic heterocycles. The van der Waals surface area contributed by atoms with Crippen molar-refractivity contribution in [1.29, 1.82) is 0 Å². The van der Waals surface area contributed by atoms with Gasteiger partial charge < -0.3 is 20.4 Å². The molecule has 0 bridgehead atoms. The Hall–Kier alpha value is -1.49. The Bertz CT molecular complexity index is 310. The minimum absolute atomic E-state index is 0.0729. The van der Waals surface area contributed by atoms with Gasteiger partial charge in [-0.25, -0.2) is 4.79 Å². The lowest BCUT2D eigenvalue weighted by Crippen LogP contribution is -2.50. The summed E-state index contributed by atoms with van der Waals surface area (Å²) in [6.07, 6.45) is 1.60. The van der Waals surface area contributed by atoms with Gasteiger partial charge in [0.05, 0.1) is 6.26 Å². The number of nitrogens with two attached hydrogens (primary N) is 1. The van der Waals surface area contributed by atoms with E-state index in [9.17, 15) is 4.79 Å². The minimum atomic E-state index is -0.395. The highest BCUT2D eigenvalue weighted by atomic mass is 16.3. The summed E-state index contributed by atoms with van der Waals surface area (Å²) in [4.78, 5) is 12.8. The van der Waals surface area contributed by atoms with Gasteiger partial charge in [-0.1, -0.05) is 0 Å². The maximum absolute atomic E-state index is 11.1. The average molecular weight is 195 g/mol. The summed E-state index contributed by atoms with van der Waals surface area (Å²) in [6, 6.07) is 3.20. The maximum Gasteiger partial charge on any atom is 0.315 e. The third kappa shape index (κ3) is 1.58. The predicted molar refractivity (Wildman–Crippen MR) is 50.6 cm³/mol. The van der Waals surface area contributed by atoms with Crippen molar-refractivity contribution in [2.45, 2.75) is 6.04 Å². The van der Waals surface area contributed by atoms with E-state index in [2.05, 4.69) is 5.32 Å². The molecule has 1 unspecified atom stereocenters. The van der Waals surface area contributed by atoms with Gasteiger partial charge in [0, 0.05) is 19.6 Å². The third-order valence-corrected chi connectivity index (χ3v) is 2.40. The van der Waals surface area contributed by atoms with Crippen molar-refractivity contribution in [2.75, 3.05) is 19.6 Å². The van der Waals surface area contributed by atoms with Crippen molar-refractivity contribution in [1.82, 2.24) is 10.2 Å². The van der Waals surface area contributed by atoms with Gasteiger partial charge in [-0.15, -0.1) is 0 Å². The van der Waals surface area contributed by atoms with Gasteiger partial charge in [-0.2, -0.15) is 0 Å². The standard InChI is InChI=1S/C9H13N3O2/c10-9(13)12-4-3-11-6-7(12)8-2-1-5-14-8/h1-2,5,7,11H,3-4,6H2,(H2,10,13). The van der Waals surface area contributed by atoms with Gasteiger partial charge in [0.15, 0.2) is 0 Å². The quantitative estimate of drug-likeness (QED) is 0.677. The van der Waals surface area contributed by atoms with Crippen LogP contribution in [0.5, 0.6) is 0 Å². The highest BCUT2D eigenvalue weighted by Gasteiger charge is 2.27. The Kier molecular flexibility index (Phi) is 2.41. The first kappa shape index (κ1) is 9.08. The molecule has 2 rings (SSSR count). The second kappa shape index (κ2) is 3.71. The molecule has 1 fully saturated rings. The molecule has 5 nitrogen and oxygen atoms in total. The molecule has 1 atom stereocenters. The maximum atomic E-state index is 11.1. The van der Waals surface area contributed by atoms with E-state index in [-0.39, 0.29) is 6.04 Å². The van der Waals surface area contributed by atoms with E-state index < -0.39 is 6.03 Å². The van der Waals surface area contributed by atoms with Gasteiger partial charge in [-0.05, 0) is 12.1 Å². The van der Waals surface area contributed by atoms with Crippen LogP contribution < -0.4 is 11.1 Å². The second-order valence-electron chi connectivity index (χ2n) is 3.27. The van der Waals surface area contributed by atoms with Crippen molar-refractivity contribution >= 4 is 6.03 Å². The smallest absolute Gasteiger partial charge is 0.315 e. The number of hydrogen-bond donors (Lipinski definition) is 2. The lowest BCUT2D eigenvalue weighted by Gasteiger charge is -2.33. The van der Waals surface area contributed by atoms with Crippen molar-refractivity contribution < 1.29 is 9.21 Å². The molecule has 0 aromatic carbocycles. The van der Waals surface area contributed by atoms with Crippen LogP contribution in [0.2, 0.25) is 0 Å². The molecule has 0 radical (unpaired) electrons. The van der Waals surface area contributed by atoms with E-state index in [0.29, 0.717) is 13.1 Å². The molecule has 0 aliphatic carbocycles. The number of amides is 2. The van der Waals surface area contributed by atoms with E-state index in [0.717, 1.165) is 12.3 Å². The number of hydrogen-bond acceptors (Lipinski definition) is 3. The molecule has 0 saturated carbocycles. The molecule has 1 saturated heterocycles. The highest BCUT2D eigenvalue weighted by Crippen LogP contribution is 2.21. The van der Waals surface area contributed by atoms with Gasteiger partial charge in [0.25, 0.3) is 0 Å². The summed E-state index contributed by atoms with van der Waals surface area (Å²) in [5.74, 6) is 0.774. The average Bonchev–Trinajstić information content (AvgIpc) is 2.70. The number of carbonyl (C=O) groups is 1. The van der Waals surface area contributed by atoms with E-state index in [4.69, 9.17) is 10.2 Å². The monoisotopic (exact) mass is 195 g/mol. The molecule has 5 heteroatoms. The Labute approximate surface area is 81.9 Å². The molecule has 1 aliphatic rings. The highest BCUT2D eigenvalue weighted by molar-refractivity contribution is 5.72. The van der Waals surface area contributed by atoms with Crippen molar-refractivity contribution in [3.8, 4) is 0 Å². The molecule has 2 heterocycles. The van der Waals surface area contributed by atoms with Crippen LogP contribution in [-0.4, -0.2) is 30.6 Å².